The lowest BCUT2D eigenvalue weighted by molar-refractivity contribution is -0.122. The number of hydrogen-bond donors (Lipinski definition) is 1. The molecule has 2 aliphatic rings. The number of para-hydroxylation sites is 1. The second-order valence-corrected chi connectivity index (χ2v) is 7.64. The van der Waals surface area contributed by atoms with Gasteiger partial charge in [-0.1, -0.05) is 36.4 Å². The quantitative estimate of drug-likeness (QED) is 0.750. The van der Waals surface area contributed by atoms with Gasteiger partial charge in [-0.3, -0.25) is 9.59 Å². The van der Waals surface area contributed by atoms with E-state index in [4.69, 9.17) is 0 Å². The van der Waals surface area contributed by atoms with Gasteiger partial charge in [0.2, 0.25) is 11.8 Å². The van der Waals surface area contributed by atoms with Crippen LogP contribution in [0.5, 0.6) is 0 Å². The summed E-state index contributed by atoms with van der Waals surface area (Å²) in [6, 6.07) is 19.3. The van der Waals surface area contributed by atoms with Gasteiger partial charge in [0.05, 0.1) is 22.9 Å². The number of nitriles is 1. The SMILES string of the molecule is N#Cc1ccccc1NC(=O)[C@@H]1CC(=O)N(c2ccc3c4c(cccc24)CC3)C1. The second-order valence-electron chi connectivity index (χ2n) is 7.64. The predicted octanol–water partition coefficient (Wildman–Crippen LogP) is 3.80. The molecule has 0 radical (unpaired) electrons. The molecule has 1 atom stereocenters. The molecule has 142 valence electrons. The van der Waals surface area contributed by atoms with Gasteiger partial charge in [-0.2, -0.15) is 5.26 Å². The summed E-state index contributed by atoms with van der Waals surface area (Å²) in [5.41, 5.74) is 4.43. The summed E-state index contributed by atoms with van der Waals surface area (Å²) < 4.78 is 0. The molecule has 3 aromatic rings. The number of nitrogens with zero attached hydrogens (tertiary/aromatic N) is 2. The van der Waals surface area contributed by atoms with Crippen LogP contribution in [0.25, 0.3) is 10.8 Å². The van der Waals surface area contributed by atoms with E-state index < -0.39 is 5.92 Å². The number of carbonyl (C=O) groups excluding carboxylic acids is 2. The van der Waals surface area contributed by atoms with Crippen LogP contribution in [-0.4, -0.2) is 18.4 Å². The smallest absolute Gasteiger partial charge is 0.229 e. The van der Waals surface area contributed by atoms with Crippen molar-refractivity contribution in [2.24, 2.45) is 5.92 Å². The van der Waals surface area contributed by atoms with Crippen LogP contribution < -0.4 is 10.2 Å². The van der Waals surface area contributed by atoms with Crippen molar-refractivity contribution < 1.29 is 9.59 Å². The summed E-state index contributed by atoms with van der Waals surface area (Å²) in [7, 11) is 0. The minimum Gasteiger partial charge on any atom is -0.325 e. The molecule has 1 heterocycles. The van der Waals surface area contributed by atoms with Gasteiger partial charge in [0.25, 0.3) is 0 Å². The van der Waals surface area contributed by atoms with E-state index in [-0.39, 0.29) is 18.2 Å². The largest absolute Gasteiger partial charge is 0.325 e. The molecule has 0 bridgehead atoms. The molecule has 2 amide bonds. The highest BCUT2D eigenvalue weighted by Gasteiger charge is 2.36. The van der Waals surface area contributed by atoms with Gasteiger partial charge in [0.15, 0.2) is 0 Å². The third-order valence-corrected chi connectivity index (χ3v) is 5.95. The van der Waals surface area contributed by atoms with E-state index in [1.165, 1.54) is 16.5 Å². The first-order chi connectivity index (χ1) is 14.2. The van der Waals surface area contributed by atoms with Gasteiger partial charge in [-0.15, -0.1) is 0 Å². The van der Waals surface area contributed by atoms with Crippen molar-refractivity contribution >= 4 is 34.0 Å². The number of anilines is 2. The van der Waals surface area contributed by atoms with Crippen molar-refractivity contribution in [1.29, 1.82) is 5.26 Å². The van der Waals surface area contributed by atoms with Crippen LogP contribution in [0.2, 0.25) is 0 Å². The third kappa shape index (κ3) is 2.85. The molecule has 5 heteroatoms. The molecule has 1 aliphatic carbocycles. The highest BCUT2D eigenvalue weighted by Crippen LogP contribution is 2.38. The maximum absolute atomic E-state index is 12.8. The number of carbonyl (C=O) groups is 2. The van der Waals surface area contributed by atoms with Crippen LogP contribution >= 0.6 is 0 Å². The van der Waals surface area contributed by atoms with Crippen molar-refractivity contribution in [2.75, 3.05) is 16.8 Å². The van der Waals surface area contributed by atoms with Crippen molar-refractivity contribution in [3.63, 3.8) is 0 Å². The van der Waals surface area contributed by atoms with E-state index in [0.29, 0.717) is 17.8 Å². The summed E-state index contributed by atoms with van der Waals surface area (Å²) in [6.07, 6.45) is 2.24. The summed E-state index contributed by atoms with van der Waals surface area (Å²) in [5.74, 6) is -0.718. The van der Waals surface area contributed by atoms with Crippen molar-refractivity contribution in [1.82, 2.24) is 0 Å². The van der Waals surface area contributed by atoms with Gasteiger partial charge < -0.3 is 10.2 Å². The predicted molar refractivity (Wildman–Crippen MR) is 112 cm³/mol. The Morgan fingerprint density at radius 1 is 1.03 bits per heavy atom. The minimum atomic E-state index is -0.447. The average molecular weight is 381 g/mol. The fourth-order valence-electron chi connectivity index (χ4n) is 4.51. The number of benzene rings is 3. The van der Waals surface area contributed by atoms with Gasteiger partial charge in [-0.25, -0.2) is 0 Å². The molecular weight excluding hydrogens is 362 g/mol. The van der Waals surface area contributed by atoms with Crippen LogP contribution in [0, 0.1) is 17.2 Å². The number of amides is 2. The van der Waals surface area contributed by atoms with Crippen LogP contribution in [0.1, 0.15) is 23.1 Å². The Kier molecular flexibility index (Phi) is 4.06. The van der Waals surface area contributed by atoms with Crippen LogP contribution in [-0.2, 0) is 22.4 Å². The molecule has 1 saturated heterocycles. The van der Waals surface area contributed by atoms with Crippen LogP contribution in [0.15, 0.2) is 54.6 Å². The fourth-order valence-corrected chi connectivity index (χ4v) is 4.51. The molecule has 0 spiro atoms. The Labute approximate surface area is 168 Å². The average Bonchev–Trinajstić information content (AvgIpc) is 3.34. The molecule has 0 unspecified atom stereocenters. The van der Waals surface area contributed by atoms with E-state index in [0.717, 1.165) is 23.9 Å². The highest BCUT2D eigenvalue weighted by molar-refractivity contribution is 6.09. The highest BCUT2D eigenvalue weighted by atomic mass is 16.2. The molecule has 1 N–H and O–H groups in total. The lowest BCUT2D eigenvalue weighted by Crippen LogP contribution is -2.28. The fraction of sp³-hybridized carbons (Fsp3) is 0.208. The van der Waals surface area contributed by atoms with Gasteiger partial charge in [0, 0.05) is 18.4 Å². The molecule has 1 aliphatic heterocycles. The number of hydrogen-bond acceptors (Lipinski definition) is 3. The monoisotopic (exact) mass is 381 g/mol. The van der Waals surface area contributed by atoms with E-state index in [2.05, 4.69) is 29.6 Å². The summed E-state index contributed by atoms with van der Waals surface area (Å²) >= 11 is 0. The van der Waals surface area contributed by atoms with Crippen molar-refractivity contribution in [2.45, 2.75) is 19.3 Å². The first-order valence-electron chi connectivity index (χ1n) is 9.79. The van der Waals surface area contributed by atoms with Gasteiger partial charge in [0.1, 0.15) is 6.07 Å². The number of rotatable bonds is 3. The van der Waals surface area contributed by atoms with E-state index in [1.807, 2.05) is 12.1 Å². The third-order valence-electron chi connectivity index (χ3n) is 5.95. The summed E-state index contributed by atoms with van der Waals surface area (Å²) in [4.78, 5) is 27.3. The van der Waals surface area contributed by atoms with Crippen molar-refractivity contribution in [3.05, 3.63) is 71.3 Å². The molecule has 3 aromatic carbocycles. The maximum Gasteiger partial charge on any atom is 0.229 e. The Morgan fingerprint density at radius 3 is 2.66 bits per heavy atom. The van der Waals surface area contributed by atoms with Gasteiger partial charge >= 0.3 is 0 Å². The minimum absolute atomic E-state index is 0.0441. The van der Waals surface area contributed by atoms with E-state index in [1.54, 1.807) is 29.2 Å². The molecule has 1 fully saturated rings. The van der Waals surface area contributed by atoms with Crippen LogP contribution in [0.3, 0.4) is 0 Å². The zero-order chi connectivity index (χ0) is 20.0. The lowest BCUT2D eigenvalue weighted by Gasteiger charge is -2.20. The molecule has 0 aromatic heterocycles. The number of aryl methyl sites for hydroxylation is 2. The summed E-state index contributed by atoms with van der Waals surface area (Å²) in [5, 5.41) is 14.4. The normalized spacial score (nSPS) is 17.6. The zero-order valence-electron chi connectivity index (χ0n) is 15.8. The lowest BCUT2D eigenvalue weighted by atomic mass is 10.0. The van der Waals surface area contributed by atoms with Crippen LogP contribution in [0.4, 0.5) is 11.4 Å². The Hall–Kier alpha value is -3.65. The van der Waals surface area contributed by atoms with E-state index in [9.17, 15) is 14.9 Å². The molecule has 5 nitrogen and oxygen atoms in total. The standard InChI is InChI=1S/C24H19N3O2/c25-13-17-4-1-2-7-20(17)26-24(29)18-12-22(28)27(14-18)21-11-10-16-9-8-15-5-3-6-19(21)23(15)16/h1-7,10-11,18H,8-9,12,14H2,(H,26,29)/t18-/m1/s1. The number of nitrogens with one attached hydrogen (secondary N) is 1. The Balaban J connectivity index is 1.42. The maximum atomic E-state index is 12.8. The molecular formula is C24H19N3O2. The van der Waals surface area contributed by atoms with Gasteiger partial charge in [-0.05, 0) is 47.6 Å². The topological polar surface area (TPSA) is 73.2 Å². The Morgan fingerprint density at radius 2 is 1.83 bits per heavy atom. The second kappa shape index (κ2) is 6.75. The summed E-state index contributed by atoms with van der Waals surface area (Å²) in [6.45, 7) is 0.345. The first-order valence-corrected chi connectivity index (χ1v) is 9.79. The molecule has 29 heavy (non-hydrogen) atoms. The Bertz CT molecular complexity index is 1200. The molecule has 5 rings (SSSR count). The van der Waals surface area contributed by atoms with Crippen molar-refractivity contribution in [3.8, 4) is 6.07 Å². The van der Waals surface area contributed by atoms with E-state index >= 15 is 0 Å². The first kappa shape index (κ1) is 17.4. The molecule has 0 saturated carbocycles. The zero-order valence-corrected chi connectivity index (χ0v) is 15.8.